The van der Waals surface area contributed by atoms with Crippen molar-refractivity contribution < 1.29 is 0 Å². The van der Waals surface area contributed by atoms with Crippen LogP contribution in [0.5, 0.6) is 0 Å². The molecule has 0 fully saturated rings. The molecule has 7 heteroatoms. The van der Waals surface area contributed by atoms with Gasteiger partial charge in [-0.15, -0.1) is 21.5 Å². The molecule has 0 amide bonds. The maximum atomic E-state index is 4.92. The number of thiophene rings is 1. The van der Waals surface area contributed by atoms with Gasteiger partial charge in [0.2, 0.25) is 0 Å². The van der Waals surface area contributed by atoms with Crippen LogP contribution in [-0.4, -0.2) is 31.6 Å². The van der Waals surface area contributed by atoms with Gasteiger partial charge in [-0.3, -0.25) is 0 Å². The van der Waals surface area contributed by atoms with E-state index in [1.54, 1.807) is 23.5 Å². The Labute approximate surface area is 142 Å². The first-order valence-corrected chi connectivity index (χ1v) is 10.6. The normalized spacial score (nSPS) is 18.2. The molecule has 3 aromatic heterocycles. The molecule has 0 aromatic carbocycles. The number of thioether (sulfide) groups is 2. The lowest BCUT2D eigenvalue weighted by molar-refractivity contribution is 0.509. The van der Waals surface area contributed by atoms with Gasteiger partial charge in [0, 0.05) is 4.88 Å². The Bertz CT molecular complexity index is 852. The molecule has 0 spiro atoms. The lowest BCUT2D eigenvalue weighted by atomic mass is 9.89. The highest BCUT2D eigenvalue weighted by atomic mass is 32.2. The fourth-order valence-electron chi connectivity index (χ4n) is 3.15. The van der Waals surface area contributed by atoms with Crippen LogP contribution in [0.25, 0.3) is 15.9 Å². The van der Waals surface area contributed by atoms with Gasteiger partial charge >= 0.3 is 0 Å². The van der Waals surface area contributed by atoms with Crippen molar-refractivity contribution >= 4 is 50.7 Å². The monoisotopic (exact) mass is 350 g/mol. The zero-order valence-electron chi connectivity index (χ0n) is 12.9. The van der Waals surface area contributed by atoms with E-state index in [4.69, 9.17) is 4.98 Å². The van der Waals surface area contributed by atoms with Crippen LogP contribution in [0.15, 0.2) is 10.3 Å². The van der Waals surface area contributed by atoms with Gasteiger partial charge in [0.1, 0.15) is 4.83 Å². The number of aromatic nitrogens is 4. The molecular weight excluding hydrogens is 332 g/mol. The van der Waals surface area contributed by atoms with E-state index in [0.29, 0.717) is 0 Å². The largest absolute Gasteiger partial charge is 0.248 e. The second-order valence-electron chi connectivity index (χ2n) is 5.71. The third-order valence-electron chi connectivity index (χ3n) is 4.19. The van der Waals surface area contributed by atoms with E-state index >= 15 is 0 Å². The zero-order valence-corrected chi connectivity index (χ0v) is 15.4. The van der Waals surface area contributed by atoms with Crippen LogP contribution >= 0.6 is 34.9 Å². The van der Waals surface area contributed by atoms with Crippen molar-refractivity contribution in [3.05, 3.63) is 10.4 Å². The summed E-state index contributed by atoms with van der Waals surface area (Å²) < 4.78 is 2.15. The summed E-state index contributed by atoms with van der Waals surface area (Å²) >= 11 is 5.26. The van der Waals surface area contributed by atoms with E-state index in [1.165, 1.54) is 28.7 Å². The molecule has 1 aliphatic carbocycles. The standard InChI is InChI=1S/C15H18N4S3/c1-4-21-15-18-17-12-11-9-6-5-8(2)7-10(9)22-13(11)16-14(20-3)19(12)15/h8H,4-7H2,1-3H3/t8-/m1/s1. The Kier molecular flexibility index (Phi) is 3.82. The molecule has 1 aliphatic rings. The molecule has 4 nitrogen and oxygen atoms in total. The Morgan fingerprint density at radius 3 is 2.95 bits per heavy atom. The van der Waals surface area contributed by atoms with Gasteiger partial charge < -0.3 is 0 Å². The zero-order chi connectivity index (χ0) is 15.3. The highest BCUT2D eigenvalue weighted by Gasteiger charge is 2.25. The van der Waals surface area contributed by atoms with E-state index in [1.807, 2.05) is 11.3 Å². The molecular formula is C15H18N4S3. The molecule has 0 unspecified atom stereocenters. The van der Waals surface area contributed by atoms with Crippen molar-refractivity contribution in [1.82, 2.24) is 19.6 Å². The number of hydrogen-bond acceptors (Lipinski definition) is 6. The quantitative estimate of drug-likeness (QED) is 0.520. The summed E-state index contributed by atoms with van der Waals surface area (Å²) in [6.07, 6.45) is 5.67. The van der Waals surface area contributed by atoms with Gasteiger partial charge in [-0.2, -0.15) is 0 Å². The number of aryl methyl sites for hydroxylation is 1. The molecule has 3 heterocycles. The molecule has 3 aromatic rings. The second kappa shape index (κ2) is 5.69. The first-order valence-electron chi connectivity index (χ1n) is 7.59. The van der Waals surface area contributed by atoms with Gasteiger partial charge in [-0.05, 0) is 42.8 Å². The highest BCUT2D eigenvalue weighted by molar-refractivity contribution is 7.99. The van der Waals surface area contributed by atoms with Crippen LogP contribution in [0.3, 0.4) is 0 Å². The lowest BCUT2D eigenvalue weighted by Crippen LogP contribution is -2.08. The number of fused-ring (bicyclic) bond motifs is 5. The summed E-state index contributed by atoms with van der Waals surface area (Å²) in [6.45, 7) is 4.49. The molecule has 0 saturated carbocycles. The molecule has 0 N–H and O–H groups in total. The van der Waals surface area contributed by atoms with Crippen LogP contribution in [-0.2, 0) is 12.8 Å². The van der Waals surface area contributed by atoms with Crippen molar-refractivity contribution in [2.45, 2.75) is 43.4 Å². The number of hydrogen-bond donors (Lipinski definition) is 0. The van der Waals surface area contributed by atoms with Crippen LogP contribution in [0.4, 0.5) is 0 Å². The second-order valence-corrected chi connectivity index (χ2v) is 8.79. The third-order valence-corrected chi connectivity index (χ3v) is 6.79. The molecule has 1 atom stereocenters. The van der Waals surface area contributed by atoms with Crippen molar-refractivity contribution in [2.24, 2.45) is 5.92 Å². The van der Waals surface area contributed by atoms with E-state index in [2.05, 4.69) is 34.7 Å². The summed E-state index contributed by atoms with van der Waals surface area (Å²) in [4.78, 5) is 7.56. The minimum atomic E-state index is 0.778. The van der Waals surface area contributed by atoms with Gasteiger partial charge in [0.15, 0.2) is 16.0 Å². The van der Waals surface area contributed by atoms with E-state index in [0.717, 1.165) is 38.9 Å². The van der Waals surface area contributed by atoms with Crippen molar-refractivity contribution in [2.75, 3.05) is 12.0 Å². The predicted octanol–water partition coefficient (Wildman–Crippen LogP) is 4.30. The Balaban J connectivity index is 2.05. The van der Waals surface area contributed by atoms with Gasteiger partial charge in [-0.1, -0.05) is 37.4 Å². The summed E-state index contributed by atoms with van der Waals surface area (Å²) in [7, 11) is 0. The molecule has 0 bridgehead atoms. The number of nitrogens with zero attached hydrogens (tertiary/aromatic N) is 4. The third kappa shape index (κ3) is 2.17. The summed E-state index contributed by atoms with van der Waals surface area (Å²) in [6, 6.07) is 0. The van der Waals surface area contributed by atoms with E-state index in [-0.39, 0.29) is 0 Å². The Hall–Kier alpha value is -0.790. The van der Waals surface area contributed by atoms with Crippen LogP contribution in [0.1, 0.15) is 30.7 Å². The first kappa shape index (κ1) is 14.8. The van der Waals surface area contributed by atoms with Crippen molar-refractivity contribution in [3.8, 4) is 0 Å². The average Bonchev–Trinajstić information content (AvgIpc) is 3.07. The minimum Gasteiger partial charge on any atom is -0.248 e. The van der Waals surface area contributed by atoms with Gasteiger partial charge in [0.25, 0.3) is 0 Å². The SMILES string of the molecule is CCSc1nnc2c3c4c(sc3nc(SC)n12)C[C@H](C)CC4. The van der Waals surface area contributed by atoms with E-state index < -0.39 is 0 Å². The molecule has 0 saturated heterocycles. The lowest BCUT2D eigenvalue weighted by Gasteiger charge is -2.17. The van der Waals surface area contributed by atoms with Crippen LogP contribution in [0, 0.1) is 5.92 Å². The summed E-state index contributed by atoms with van der Waals surface area (Å²) in [5.41, 5.74) is 2.47. The van der Waals surface area contributed by atoms with Crippen molar-refractivity contribution in [1.29, 1.82) is 0 Å². The molecule has 116 valence electrons. The Morgan fingerprint density at radius 1 is 1.32 bits per heavy atom. The maximum Gasteiger partial charge on any atom is 0.197 e. The van der Waals surface area contributed by atoms with Gasteiger partial charge in [-0.25, -0.2) is 9.38 Å². The Morgan fingerprint density at radius 2 is 2.18 bits per heavy atom. The first-order chi connectivity index (χ1) is 10.7. The summed E-state index contributed by atoms with van der Waals surface area (Å²) in [5.74, 6) is 1.77. The van der Waals surface area contributed by atoms with Crippen LogP contribution in [0.2, 0.25) is 0 Å². The maximum absolute atomic E-state index is 4.92. The topological polar surface area (TPSA) is 43.1 Å². The molecule has 0 radical (unpaired) electrons. The van der Waals surface area contributed by atoms with Crippen molar-refractivity contribution in [3.63, 3.8) is 0 Å². The minimum absolute atomic E-state index is 0.778. The predicted molar refractivity (Wildman–Crippen MR) is 95.5 cm³/mol. The fourth-order valence-corrected chi connectivity index (χ4v) is 5.84. The molecule has 0 aliphatic heterocycles. The average molecular weight is 351 g/mol. The molecule has 22 heavy (non-hydrogen) atoms. The molecule has 4 rings (SSSR count). The van der Waals surface area contributed by atoms with E-state index in [9.17, 15) is 0 Å². The summed E-state index contributed by atoms with van der Waals surface area (Å²) in [5, 5.41) is 12.1. The highest BCUT2D eigenvalue weighted by Crippen LogP contribution is 2.40. The number of rotatable bonds is 3. The fraction of sp³-hybridized carbons (Fsp3) is 0.533. The smallest absolute Gasteiger partial charge is 0.197 e. The van der Waals surface area contributed by atoms with Gasteiger partial charge in [0.05, 0.1) is 5.39 Å². The van der Waals surface area contributed by atoms with Crippen LogP contribution < -0.4 is 0 Å².